The van der Waals surface area contributed by atoms with E-state index < -0.39 is 5.60 Å². The molecule has 20 heavy (non-hydrogen) atoms. The number of amides is 2. The molecule has 1 aromatic carbocycles. The van der Waals surface area contributed by atoms with E-state index in [1.165, 1.54) is 0 Å². The van der Waals surface area contributed by atoms with Gasteiger partial charge in [-0.3, -0.25) is 0 Å². The zero-order valence-electron chi connectivity index (χ0n) is 11.4. The molecule has 2 aliphatic rings. The summed E-state index contributed by atoms with van der Waals surface area (Å²) >= 11 is 0. The highest BCUT2D eigenvalue weighted by Crippen LogP contribution is 2.32. The van der Waals surface area contributed by atoms with Crippen LogP contribution in [0.15, 0.2) is 24.3 Å². The fourth-order valence-electron chi connectivity index (χ4n) is 2.71. The number of rotatable bonds is 3. The van der Waals surface area contributed by atoms with E-state index in [0.29, 0.717) is 13.2 Å². The number of nitrogens with one attached hydrogen (secondary N) is 2. The standard InChI is InChI=1S/C15H20N2O3/c18-14(16-10-15(19)7-3-8-15)17-12-6-9-20-13-5-2-1-4-11(12)13/h1-2,4-5,12,19H,3,6-10H2,(H2,16,17,18). The lowest BCUT2D eigenvalue weighted by Crippen LogP contribution is -2.50. The Hall–Kier alpha value is -1.75. The largest absolute Gasteiger partial charge is 0.493 e. The Labute approximate surface area is 118 Å². The van der Waals surface area contributed by atoms with Crippen LogP contribution in [0.2, 0.25) is 0 Å². The van der Waals surface area contributed by atoms with Crippen molar-refractivity contribution in [3.8, 4) is 5.75 Å². The Kier molecular flexibility index (Phi) is 3.53. The van der Waals surface area contributed by atoms with Crippen LogP contribution < -0.4 is 15.4 Å². The summed E-state index contributed by atoms with van der Waals surface area (Å²) in [5.41, 5.74) is 0.321. The molecular weight excluding hydrogens is 256 g/mol. The fourth-order valence-corrected chi connectivity index (χ4v) is 2.71. The van der Waals surface area contributed by atoms with Crippen molar-refractivity contribution in [3.05, 3.63) is 29.8 Å². The summed E-state index contributed by atoms with van der Waals surface area (Å²) in [5, 5.41) is 15.7. The van der Waals surface area contributed by atoms with Crippen LogP contribution in [0.25, 0.3) is 0 Å². The van der Waals surface area contributed by atoms with Gasteiger partial charge in [0, 0.05) is 18.5 Å². The number of carbonyl (C=O) groups excluding carboxylic acids is 1. The highest BCUT2D eigenvalue weighted by atomic mass is 16.5. The van der Waals surface area contributed by atoms with E-state index in [9.17, 15) is 9.90 Å². The Morgan fingerprint density at radius 3 is 2.95 bits per heavy atom. The topological polar surface area (TPSA) is 70.6 Å². The normalized spacial score (nSPS) is 22.9. The van der Waals surface area contributed by atoms with E-state index in [1.54, 1.807) is 0 Å². The van der Waals surface area contributed by atoms with Crippen LogP contribution in [0.3, 0.4) is 0 Å². The smallest absolute Gasteiger partial charge is 0.315 e. The van der Waals surface area contributed by atoms with Gasteiger partial charge in [-0.25, -0.2) is 4.79 Å². The Morgan fingerprint density at radius 2 is 2.20 bits per heavy atom. The van der Waals surface area contributed by atoms with Crippen molar-refractivity contribution in [1.29, 1.82) is 0 Å². The number of hydrogen-bond acceptors (Lipinski definition) is 3. The minimum Gasteiger partial charge on any atom is -0.493 e. The molecule has 5 nitrogen and oxygen atoms in total. The maximum atomic E-state index is 11.9. The highest BCUT2D eigenvalue weighted by molar-refractivity contribution is 5.74. The zero-order chi connectivity index (χ0) is 14.0. The average Bonchev–Trinajstić information content (AvgIpc) is 2.43. The number of benzene rings is 1. The van der Waals surface area contributed by atoms with Crippen LogP contribution in [0.5, 0.6) is 5.75 Å². The molecule has 2 amide bonds. The van der Waals surface area contributed by atoms with Gasteiger partial charge in [-0.05, 0) is 25.3 Å². The van der Waals surface area contributed by atoms with Crippen LogP contribution in [-0.2, 0) is 0 Å². The third-order valence-corrected chi connectivity index (χ3v) is 4.13. The minimum atomic E-state index is -0.690. The minimum absolute atomic E-state index is 0.0315. The average molecular weight is 276 g/mol. The third kappa shape index (κ3) is 2.72. The summed E-state index contributed by atoms with van der Waals surface area (Å²) in [7, 11) is 0. The summed E-state index contributed by atoms with van der Waals surface area (Å²) < 4.78 is 5.56. The quantitative estimate of drug-likeness (QED) is 0.787. The molecule has 0 radical (unpaired) electrons. The van der Waals surface area contributed by atoms with Crippen molar-refractivity contribution in [2.24, 2.45) is 0 Å². The van der Waals surface area contributed by atoms with Crippen LogP contribution >= 0.6 is 0 Å². The molecule has 0 saturated heterocycles. The predicted octanol–water partition coefficient (Wildman–Crippen LogP) is 1.72. The molecule has 1 aromatic rings. The monoisotopic (exact) mass is 276 g/mol. The lowest BCUT2D eigenvalue weighted by atomic mass is 9.80. The molecule has 1 atom stereocenters. The molecule has 0 aromatic heterocycles. The number of urea groups is 1. The number of hydrogen-bond donors (Lipinski definition) is 3. The highest BCUT2D eigenvalue weighted by Gasteiger charge is 2.34. The maximum Gasteiger partial charge on any atom is 0.315 e. The lowest BCUT2D eigenvalue weighted by Gasteiger charge is -2.36. The predicted molar refractivity (Wildman–Crippen MR) is 74.6 cm³/mol. The van der Waals surface area contributed by atoms with Crippen LogP contribution in [0.1, 0.15) is 37.3 Å². The van der Waals surface area contributed by atoms with Gasteiger partial charge in [0.05, 0.1) is 18.2 Å². The number of ether oxygens (including phenoxy) is 1. The summed E-state index contributed by atoms with van der Waals surface area (Å²) in [6, 6.07) is 7.49. The summed E-state index contributed by atoms with van der Waals surface area (Å²) in [6.07, 6.45) is 3.34. The summed E-state index contributed by atoms with van der Waals surface area (Å²) in [4.78, 5) is 11.9. The SMILES string of the molecule is O=C(NCC1(O)CCC1)NC1CCOc2ccccc21. The van der Waals surface area contributed by atoms with E-state index in [1.807, 2.05) is 24.3 Å². The Balaban J connectivity index is 1.57. The van der Waals surface area contributed by atoms with E-state index in [-0.39, 0.29) is 12.1 Å². The van der Waals surface area contributed by atoms with Crippen molar-refractivity contribution in [1.82, 2.24) is 10.6 Å². The molecule has 1 saturated carbocycles. The lowest BCUT2D eigenvalue weighted by molar-refractivity contribution is -0.0290. The van der Waals surface area contributed by atoms with E-state index in [2.05, 4.69) is 10.6 Å². The van der Waals surface area contributed by atoms with Gasteiger partial charge in [0.15, 0.2) is 0 Å². The molecule has 1 aliphatic carbocycles. The molecule has 5 heteroatoms. The first kappa shape index (κ1) is 13.2. The zero-order valence-corrected chi connectivity index (χ0v) is 11.4. The molecule has 3 rings (SSSR count). The first-order chi connectivity index (χ1) is 9.66. The van der Waals surface area contributed by atoms with Gasteiger partial charge in [-0.1, -0.05) is 18.2 Å². The first-order valence-electron chi connectivity index (χ1n) is 7.15. The van der Waals surface area contributed by atoms with Gasteiger partial charge < -0.3 is 20.5 Å². The molecule has 0 bridgehead atoms. The Bertz CT molecular complexity index is 500. The van der Waals surface area contributed by atoms with Gasteiger partial charge >= 0.3 is 6.03 Å². The number of para-hydroxylation sites is 1. The summed E-state index contributed by atoms with van der Waals surface area (Å²) in [6.45, 7) is 0.926. The van der Waals surface area contributed by atoms with Gasteiger partial charge in [0.2, 0.25) is 0 Å². The molecular formula is C15H20N2O3. The first-order valence-corrected chi connectivity index (χ1v) is 7.15. The Morgan fingerprint density at radius 1 is 1.40 bits per heavy atom. The van der Waals surface area contributed by atoms with Gasteiger partial charge in [-0.2, -0.15) is 0 Å². The van der Waals surface area contributed by atoms with E-state index in [4.69, 9.17) is 4.74 Å². The number of carbonyl (C=O) groups is 1. The fraction of sp³-hybridized carbons (Fsp3) is 0.533. The van der Waals surface area contributed by atoms with Gasteiger partial charge in [0.1, 0.15) is 5.75 Å². The van der Waals surface area contributed by atoms with Crippen molar-refractivity contribution in [3.63, 3.8) is 0 Å². The molecule has 1 heterocycles. The van der Waals surface area contributed by atoms with Gasteiger partial charge in [0.25, 0.3) is 0 Å². The second kappa shape index (κ2) is 5.32. The molecule has 0 spiro atoms. The number of fused-ring (bicyclic) bond motifs is 1. The molecule has 1 aliphatic heterocycles. The van der Waals surface area contributed by atoms with Crippen molar-refractivity contribution < 1.29 is 14.6 Å². The van der Waals surface area contributed by atoms with Crippen LogP contribution in [-0.4, -0.2) is 29.9 Å². The maximum absolute atomic E-state index is 11.9. The van der Waals surface area contributed by atoms with E-state index in [0.717, 1.165) is 37.0 Å². The van der Waals surface area contributed by atoms with Gasteiger partial charge in [-0.15, -0.1) is 0 Å². The van der Waals surface area contributed by atoms with Crippen molar-refractivity contribution in [2.45, 2.75) is 37.3 Å². The molecule has 1 fully saturated rings. The second-order valence-electron chi connectivity index (χ2n) is 5.63. The molecule has 1 unspecified atom stereocenters. The van der Waals surface area contributed by atoms with Crippen LogP contribution in [0, 0.1) is 0 Å². The summed E-state index contributed by atoms with van der Waals surface area (Å²) in [5.74, 6) is 0.835. The molecule has 3 N–H and O–H groups in total. The number of aliphatic hydroxyl groups is 1. The van der Waals surface area contributed by atoms with Crippen LogP contribution in [0.4, 0.5) is 4.79 Å². The van der Waals surface area contributed by atoms with E-state index >= 15 is 0 Å². The van der Waals surface area contributed by atoms with Crippen molar-refractivity contribution in [2.75, 3.05) is 13.2 Å². The third-order valence-electron chi connectivity index (χ3n) is 4.13. The van der Waals surface area contributed by atoms with Crippen molar-refractivity contribution >= 4 is 6.03 Å². The second-order valence-corrected chi connectivity index (χ2v) is 5.63. The molecule has 108 valence electrons.